The molecule has 1 aromatic carbocycles. The summed E-state index contributed by atoms with van der Waals surface area (Å²) in [6.45, 7) is 5.38. The van der Waals surface area contributed by atoms with Gasteiger partial charge in [-0.2, -0.15) is 0 Å². The second kappa shape index (κ2) is 6.71. The zero-order valence-corrected chi connectivity index (χ0v) is 12.5. The number of halogens is 2. The summed E-state index contributed by atoms with van der Waals surface area (Å²) >= 11 is 6.25. The van der Waals surface area contributed by atoms with Gasteiger partial charge in [0.1, 0.15) is 5.82 Å². The van der Waals surface area contributed by atoms with Crippen LogP contribution in [0, 0.1) is 11.7 Å². The standard InChI is InChI=1S/C16H23ClFN/c1-3-11(4-2)15(10-19-13-6-7-13)14-8-5-12(18)9-16(14)17/h5,8-9,11,13,15,19H,3-4,6-7,10H2,1-2H3. The maximum Gasteiger partial charge on any atom is 0.124 e. The van der Waals surface area contributed by atoms with Gasteiger partial charge in [-0.25, -0.2) is 4.39 Å². The van der Waals surface area contributed by atoms with Gasteiger partial charge in [0.25, 0.3) is 0 Å². The minimum atomic E-state index is -0.257. The number of hydrogen-bond acceptors (Lipinski definition) is 1. The average molecular weight is 284 g/mol. The van der Waals surface area contributed by atoms with E-state index in [4.69, 9.17) is 11.6 Å². The quantitative estimate of drug-likeness (QED) is 0.761. The topological polar surface area (TPSA) is 12.0 Å². The van der Waals surface area contributed by atoms with Crippen LogP contribution in [0.15, 0.2) is 18.2 Å². The van der Waals surface area contributed by atoms with Gasteiger partial charge in [0.2, 0.25) is 0 Å². The fourth-order valence-corrected chi connectivity index (χ4v) is 3.08. The highest BCUT2D eigenvalue weighted by molar-refractivity contribution is 6.31. The van der Waals surface area contributed by atoms with E-state index in [1.165, 1.54) is 25.0 Å². The molecular weight excluding hydrogens is 261 g/mol. The normalized spacial score (nSPS) is 16.9. The van der Waals surface area contributed by atoms with Gasteiger partial charge in [-0.15, -0.1) is 0 Å². The lowest BCUT2D eigenvalue weighted by Crippen LogP contribution is -2.28. The van der Waals surface area contributed by atoms with Gasteiger partial charge >= 0.3 is 0 Å². The molecule has 0 spiro atoms. The molecule has 0 aromatic heterocycles. The van der Waals surface area contributed by atoms with Crippen LogP contribution in [0.1, 0.15) is 51.0 Å². The zero-order valence-electron chi connectivity index (χ0n) is 11.8. The zero-order chi connectivity index (χ0) is 13.8. The third kappa shape index (κ3) is 3.93. The molecule has 1 unspecified atom stereocenters. The molecule has 0 radical (unpaired) electrons. The fraction of sp³-hybridized carbons (Fsp3) is 0.625. The first kappa shape index (κ1) is 14.8. The van der Waals surface area contributed by atoms with Gasteiger partial charge in [-0.1, -0.05) is 44.4 Å². The predicted octanol–water partition coefficient (Wildman–Crippen LogP) is 4.75. The van der Waals surface area contributed by atoms with E-state index >= 15 is 0 Å². The molecule has 1 aliphatic carbocycles. The maximum atomic E-state index is 13.2. The molecule has 2 rings (SSSR count). The van der Waals surface area contributed by atoms with Crippen molar-refractivity contribution in [2.75, 3.05) is 6.54 Å². The third-order valence-electron chi connectivity index (χ3n) is 4.18. The Morgan fingerprint density at radius 2 is 2.00 bits per heavy atom. The molecule has 0 amide bonds. The van der Waals surface area contributed by atoms with E-state index in [1.54, 1.807) is 0 Å². The monoisotopic (exact) mass is 283 g/mol. The summed E-state index contributed by atoms with van der Waals surface area (Å²) < 4.78 is 13.2. The average Bonchev–Trinajstić information content (AvgIpc) is 3.19. The van der Waals surface area contributed by atoms with Crippen molar-refractivity contribution in [3.8, 4) is 0 Å². The molecule has 19 heavy (non-hydrogen) atoms. The lowest BCUT2D eigenvalue weighted by Gasteiger charge is -2.27. The minimum absolute atomic E-state index is 0.257. The van der Waals surface area contributed by atoms with E-state index in [-0.39, 0.29) is 5.82 Å². The van der Waals surface area contributed by atoms with E-state index in [9.17, 15) is 4.39 Å². The van der Waals surface area contributed by atoms with Crippen LogP contribution in [0.25, 0.3) is 0 Å². The first-order chi connectivity index (χ1) is 9.15. The molecule has 1 saturated carbocycles. The van der Waals surface area contributed by atoms with Crippen LogP contribution in [-0.2, 0) is 0 Å². The van der Waals surface area contributed by atoms with E-state index in [2.05, 4.69) is 19.2 Å². The third-order valence-corrected chi connectivity index (χ3v) is 4.51. The Labute approximate surface area is 120 Å². The van der Waals surface area contributed by atoms with Gasteiger partial charge in [0, 0.05) is 23.5 Å². The molecule has 1 nitrogen and oxygen atoms in total. The van der Waals surface area contributed by atoms with Crippen molar-refractivity contribution in [1.29, 1.82) is 0 Å². The van der Waals surface area contributed by atoms with Gasteiger partial charge in [0.15, 0.2) is 0 Å². The Morgan fingerprint density at radius 3 is 2.53 bits per heavy atom. The summed E-state index contributed by atoms with van der Waals surface area (Å²) in [5.74, 6) is 0.713. The predicted molar refractivity (Wildman–Crippen MR) is 79.2 cm³/mol. The molecule has 1 aromatic rings. The summed E-state index contributed by atoms with van der Waals surface area (Å²) in [6.07, 6.45) is 4.82. The minimum Gasteiger partial charge on any atom is -0.313 e. The van der Waals surface area contributed by atoms with E-state index in [1.807, 2.05) is 6.07 Å². The molecule has 3 heteroatoms. The Hall–Kier alpha value is -0.600. The van der Waals surface area contributed by atoms with Crippen molar-refractivity contribution < 1.29 is 4.39 Å². The number of hydrogen-bond donors (Lipinski definition) is 1. The Morgan fingerprint density at radius 1 is 1.32 bits per heavy atom. The molecule has 0 bridgehead atoms. The second-order valence-corrected chi connectivity index (χ2v) is 5.94. The van der Waals surface area contributed by atoms with E-state index in [0.717, 1.165) is 24.9 Å². The Bertz CT molecular complexity index is 413. The SMILES string of the molecule is CCC(CC)C(CNC1CC1)c1ccc(F)cc1Cl. The molecule has 1 N–H and O–H groups in total. The van der Waals surface area contributed by atoms with Crippen LogP contribution < -0.4 is 5.32 Å². The number of nitrogens with one attached hydrogen (secondary N) is 1. The Kier molecular flexibility index (Phi) is 5.23. The molecule has 1 atom stereocenters. The van der Waals surface area contributed by atoms with Crippen molar-refractivity contribution in [1.82, 2.24) is 5.32 Å². The highest BCUT2D eigenvalue weighted by atomic mass is 35.5. The summed E-state index contributed by atoms with van der Waals surface area (Å²) in [4.78, 5) is 0. The molecule has 0 aliphatic heterocycles. The van der Waals surface area contributed by atoms with Crippen molar-refractivity contribution >= 4 is 11.6 Å². The Balaban J connectivity index is 2.17. The first-order valence-electron chi connectivity index (χ1n) is 7.34. The van der Waals surface area contributed by atoms with E-state index < -0.39 is 0 Å². The van der Waals surface area contributed by atoms with Gasteiger partial charge < -0.3 is 5.32 Å². The van der Waals surface area contributed by atoms with Crippen molar-refractivity contribution in [3.05, 3.63) is 34.6 Å². The van der Waals surface area contributed by atoms with Gasteiger partial charge in [0.05, 0.1) is 0 Å². The highest BCUT2D eigenvalue weighted by Gasteiger charge is 2.26. The number of benzene rings is 1. The number of rotatable bonds is 7. The fourth-order valence-electron chi connectivity index (χ4n) is 2.77. The molecule has 106 valence electrons. The van der Waals surface area contributed by atoms with Gasteiger partial charge in [-0.3, -0.25) is 0 Å². The molecule has 0 saturated heterocycles. The van der Waals surface area contributed by atoms with Crippen LogP contribution in [0.5, 0.6) is 0 Å². The maximum absolute atomic E-state index is 13.2. The molecule has 1 aliphatic rings. The summed E-state index contributed by atoms with van der Waals surface area (Å²) in [7, 11) is 0. The smallest absolute Gasteiger partial charge is 0.124 e. The molecule has 1 fully saturated rings. The van der Waals surface area contributed by atoms with Crippen molar-refractivity contribution in [2.45, 2.75) is 51.5 Å². The van der Waals surface area contributed by atoms with Crippen LogP contribution in [0.4, 0.5) is 4.39 Å². The summed E-state index contributed by atoms with van der Waals surface area (Å²) in [6, 6.07) is 5.50. The molecular formula is C16H23ClFN. The van der Waals surface area contributed by atoms with Crippen molar-refractivity contribution in [2.24, 2.45) is 5.92 Å². The lowest BCUT2D eigenvalue weighted by atomic mass is 9.82. The highest BCUT2D eigenvalue weighted by Crippen LogP contribution is 2.34. The lowest BCUT2D eigenvalue weighted by molar-refractivity contribution is 0.378. The first-order valence-corrected chi connectivity index (χ1v) is 7.71. The van der Waals surface area contributed by atoms with Crippen LogP contribution in [0.2, 0.25) is 5.02 Å². The van der Waals surface area contributed by atoms with Crippen LogP contribution in [-0.4, -0.2) is 12.6 Å². The largest absolute Gasteiger partial charge is 0.313 e. The summed E-state index contributed by atoms with van der Waals surface area (Å²) in [5.41, 5.74) is 1.09. The second-order valence-electron chi connectivity index (χ2n) is 5.53. The van der Waals surface area contributed by atoms with Crippen molar-refractivity contribution in [3.63, 3.8) is 0 Å². The van der Waals surface area contributed by atoms with E-state index in [0.29, 0.717) is 22.9 Å². The molecule has 0 heterocycles. The summed E-state index contributed by atoms with van der Waals surface area (Å²) in [5, 5.41) is 4.16. The van der Waals surface area contributed by atoms with Crippen LogP contribution >= 0.6 is 11.6 Å². The van der Waals surface area contributed by atoms with Crippen LogP contribution in [0.3, 0.4) is 0 Å². The van der Waals surface area contributed by atoms with Gasteiger partial charge in [-0.05, 0) is 36.5 Å².